The van der Waals surface area contributed by atoms with E-state index in [2.05, 4.69) is 18.9 Å². The first-order valence-corrected chi connectivity index (χ1v) is 5.16. The van der Waals surface area contributed by atoms with Gasteiger partial charge in [0.1, 0.15) is 12.7 Å². The highest BCUT2D eigenvalue weighted by atomic mass is 19.3. The average molecular weight is 356 g/mol. The highest BCUT2D eigenvalue weighted by Gasteiger charge is 2.43. The molecular weight excluding hydrogens is 347 g/mol. The third-order valence-electron chi connectivity index (χ3n) is 1.32. The number of carbonyl (C=O) groups is 4. The fourth-order valence-electron chi connectivity index (χ4n) is 0.699. The quantitative estimate of drug-likeness (QED) is 0.351. The number of carboxylic acid groups (broad SMARTS) is 1. The monoisotopic (exact) mass is 356 g/mol. The molecule has 0 aromatic carbocycles. The summed E-state index contributed by atoms with van der Waals surface area (Å²) in [5.74, 6) is 0. The van der Waals surface area contributed by atoms with E-state index in [0.717, 1.165) is 0 Å². The van der Waals surface area contributed by atoms with Crippen LogP contribution >= 0.6 is 0 Å². The molecule has 1 atom stereocenters. The van der Waals surface area contributed by atoms with Gasteiger partial charge in [0.15, 0.2) is 6.61 Å². The zero-order valence-electron chi connectivity index (χ0n) is 11.1. The van der Waals surface area contributed by atoms with Gasteiger partial charge in [-0.3, -0.25) is 0 Å². The minimum Gasteiger partial charge on any atom is -0.456 e. The molecule has 0 spiro atoms. The summed E-state index contributed by atoms with van der Waals surface area (Å²) >= 11 is 0. The van der Waals surface area contributed by atoms with Gasteiger partial charge in [-0.05, 0) is 6.92 Å². The molecule has 0 bridgehead atoms. The lowest BCUT2D eigenvalue weighted by Crippen LogP contribution is -2.18. The molecule has 0 aromatic rings. The van der Waals surface area contributed by atoms with Crippen LogP contribution in [0.25, 0.3) is 0 Å². The Hall–Kier alpha value is -2.67. The lowest BCUT2D eigenvalue weighted by atomic mass is 10.4. The molecule has 1 N–H and O–H groups in total. The minimum atomic E-state index is -3.41. The third kappa shape index (κ3) is 19.3. The van der Waals surface area contributed by atoms with Crippen molar-refractivity contribution in [3.05, 3.63) is 0 Å². The fraction of sp³-hybridized carbons (Fsp3) is 0.556. The zero-order chi connectivity index (χ0) is 18.6. The molecule has 0 radical (unpaired) electrons. The molecule has 1 aliphatic rings. The lowest BCUT2D eigenvalue weighted by molar-refractivity contribution is -0.170. The summed E-state index contributed by atoms with van der Waals surface area (Å²) in [5.41, 5.74) is 0. The van der Waals surface area contributed by atoms with Crippen molar-refractivity contribution in [1.82, 2.24) is 0 Å². The van der Waals surface area contributed by atoms with Gasteiger partial charge in [0.2, 0.25) is 0 Å². The summed E-state index contributed by atoms with van der Waals surface area (Å²) in [4.78, 5) is 37.2. The molecule has 1 aliphatic heterocycles. The van der Waals surface area contributed by atoms with E-state index in [4.69, 9.17) is 9.90 Å². The first-order valence-electron chi connectivity index (χ1n) is 5.16. The van der Waals surface area contributed by atoms with Gasteiger partial charge in [-0.1, -0.05) is 0 Å². The normalized spacial score (nSPS) is 15.3. The maximum atomic E-state index is 11.6. The second kappa shape index (κ2) is 11.0. The molecule has 23 heavy (non-hydrogen) atoms. The van der Waals surface area contributed by atoms with Gasteiger partial charge in [0, 0.05) is 0 Å². The van der Waals surface area contributed by atoms with Crippen LogP contribution in [0.2, 0.25) is 0 Å². The van der Waals surface area contributed by atoms with Crippen LogP contribution in [0.15, 0.2) is 0 Å². The van der Waals surface area contributed by atoms with Gasteiger partial charge < -0.3 is 24.1 Å². The number of rotatable bonds is 3. The zero-order valence-corrected chi connectivity index (χ0v) is 11.1. The molecule has 9 nitrogen and oxygen atoms in total. The SMILES string of the molecule is CC(COC(=O)F)OC(=O)F.O=C(O)F.O=C1OCC(F)(F)O1. The third-order valence-corrected chi connectivity index (χ3v) is 1.32. The summed E-state index contributed by atoms with van der Waals surface area (Å²) in [7, 11) is 0. The number of ether oxygens (including phenoxy) is 4. The van der Waals surface area contributed by atoms with Crippen molar-refractivity contribution in [2.75, 3.05) is 13.2 Å². The second-order valence-corrected chi connectivity index (χ2v) is 3.25. The molecule has 0 aliphatic carbocycles. The number of alkyl halides is 2. The molecule has 1 fully saturated rings. The van der Waals surface area contributed by atoms with Crippen LogP contribution in [0.1, 0.15) is 6.92 Å². The van der Waals surface area contributed by atoms with Crippen LogP contribution in [0.5, 0.6) is 0 Å². The minimum absolute atomic E-state index is 0.495. The van der Waals surface area contributed by atoms with Crippen molar-refractivity contribution in [2.24, 2.45) is 0 Å². The van der Waals surface area contributed by atoms with E-state index in [1.165, 1.54) is 6.92 Å². The van der Waals surface area contributed by atoms with Gasteiger partial charge in [0.25, 0.3) is 0 Å². The number of carbonyl (C=O) groups excluding carboxylic acids is 3. The molecule has 14 heteroatoms. The molecular formula is C9H9F5O9. The Morgan fingerprint density at radius 2 is 1.74 bits per heavy atom. The first-order chi connectivity index (χ1) is 10.4. The summed E-state index contributed by atoms with van der Waals surface area (Å²) < 4.78 is 70.6. The van der Waals surface area contributed by atoms with E-state index in [1.54, 1.807) is 0 Å². The van der Waals surface area contributed by atoms with Gasteiger partial charge in [-0.25, -0.2) is 19.2 Å². The summed E-state index contributed by atoms with van der Waals surface area (Å²) in [5, 5.41) is 6.75. The Morgan fingerprint density at radius 3 is 1.96 bits per heavy atom. The van der Waals surface area contributed by atoms with E-state index in [9.17, 15) is 36.3 Å². The predicted molar refractivity (Wildman–Crippen MR) is 56.0 cm³/mol. The van der Waals surface area contributed by atoms with Crippen molar-refractivity contribution in [3.63, 3.8) is 0 Å². The van der Waals surface area contributed by atoms with Crippen molar-refractivity contribution in [2.45, 2.75) is 19.1 Å². The van der Waals surface area contributed by atoms with Gasteiger partial charge in [-0.15, -0.1) is 13.2 Å². The van der Waals surface area contributed by atoms with Gasteiger partial charge in [-0.2, -0.15) is 8.78 Å². The Kier molecular flexibility index (Phi) is 10.8. The number of hydrogen-bond donors (Lipinski definition) is 1. The van der Waals surface area contributed by atoms with Gasteiger partial charge >= 0.3 is 30.9 Å². The summed E-state index contributed by atoms with van der Waals surface area (Å²) in [6, 6.07) is 0. The fourth-order valence-corrected chi connectivity index (χ4v) is 0.699. The van der Waals surface area contributed by atoms with Crippen LogP contribution in [0.3, 0.4) is 0 Å². The van der Waals surface area contributed by atoms with Crippen molar-refractivity contribution in [3.8, 4) is 0 Å². The Balaban J connectivity index is 0. The average Bonchev–Trinajstić information content (AvgIpc) is 2.63. The molecule has 1 rings (SSSR count). The largest absolute Gasteiger partial charge is 0.513 e. The molecule has 0 amide bonds. The molecule has 0 aromatic heterocycles. The van der Waals surface area contributed by atoms with Crippen molar-refractivity contribution < 1.29 is 65.2 Å². The molecule has 1 saturated heterocycles. The number of cyclic esters (lactones) is 2. The van der Waals surface area contributed by atoms with E-state index < -0.39 is 50.3 Å². The smallest absolute Gasteiger partial charge is 0.456 e. The molecule has 1 heterocycles. The Bertz CT molecular complexity index is 424. The maximum absolute atomic E-state index is 11.6. The highest BCUT2D eigenvalue weighted by molar-refractivity contribution is 5.62. The van der Waals surface area contributed by atoms with Crippen molar-refractivity contribution in [1.29, 1.82) is 0 Å². The lowest BCUT2D eigenvalue weighted by Gasteiger charge is -2.07. The summed E-state index contributed by atoms with van der Waals surface area (Å²) in [6.07, 6.45) is -12.0. The maximum Gasteiger partial charge on any atom is 0.513 e. The van der Waals surface area contributed by atoms with E-state index in [1.807, 2.05) is 0 Å². The number of halogens is 5. The molecule has 0 saturated carbocycles. The number of hydrogen-bond acceptors (Lipinski definition) is 8. The van der Waals surface area contributed by atoms with Crippen LogP contribution in [-0.2, 0) is 18.9 Å². The Labute approximate surface area is 123 Å². The molecule has 134 valence electrons. The van der Waals surface area contributed by atoms with E-state index in [0.29, 0.717) is 0 Å². The summed E-state index contributed by atoms with van der Waals surface area (Å²) in [6.45, 7) is -0.211. The van der Waals surface area contributed by atoms with Crippen LogP contribution in [0, 0.1) is 0 Å². The van der Waals surface area contributed by atoms with Crippen LogP contribution in [-0.4, -0.2) is 55.4 Å². The predicted octanol–water partition coefficient (Wildman–Crippen LogP) is 2.97. The van der Waals surface area contributed by atoms with Crippen molar-refractivity contribution >= 4 is 24.8 Å². The highest BCUT2D eigenvalue weighted by Crippen LogP contribution is 2.22. The Morgan fingerprint density at radius 1 is 1.26 bits per heavy atom. The molecule has 1 unspecified atom stereocenters. The second-order valence-electron chi connectivity index (χ2n) is 3.25. The van der Waals surface area contributed by atoms with Gasteiger partial charge in [0.05, 0.1) is 0 Å². The van der Waals surface area contributed by atoms with E-state index >= 15 is 0 Å². The van der Waals surface area contributed by atoms with Crippen LogP contribution in [0.4, 0.5) is 41.1 Å². The topological polar surface area (TPSA) is 125 Å². The van der Waals surface area contributed by atoms with Crippen LogP contribution < -0.4 is 0 Å². The first kappa shape index (κ1) is 22.6. The van der Waals surface area contributed by atoms with E-state index in [-0.39, 0.29) is 0 Å². The standard InChI is InChI=1S/C5H6F2O4.C3H2F2O3.CHFO2/c1-3(11-5(7)9)2-10-4(6)8;4-3(5)1-7-2(6)8-3;2-1(3)4/h3H,2H2,1H3;1H2;(H,3,4).